The average Bonchev–Trinajstić information content (AvgIpc) is 2.78. The summed E-state index contributed by atoms with van der Waals surface area (Å²) < 4.78 is 9.72. The molecule has 0 fully saturated rings. The zero-order valence-corrected chi connectivity index (χ0v) is 8.74. The van der Waals surface area contributed by atoms with Crippen LogP contribution in [0.4, 0.5) is 0 Å². The van der Waals surface area contributed by atoms with Crippen molar-refractivity contribution in [2.75, 3.05) is 6.61 Å². The second-order valence-electron chi connectivity index (χ2n) is 3.13. The van der Waals surface area contributed by atoms with Crippen molar-refractivity contribution in [3.63, 3.8) is 0 Å². The summed E-state index contributed by atoms with van der Waals surface area (Å²) >= 11 is 0. The van der Waals surface area contributed by atoms with Crippen LogP contribution in [0.2, 0.25) is 0 Å². The van der Waals surface area contributed by atoms with E-state index in [2.05, 4.69) is 15.1 Å². The van der Waals surface area contributed by atoms with Crippen LogP contribution in [0.1, 0.15) is 5.89 Å². The van der Waals surface area contributed by atoms with Gasteiger partial charge in [-0.1, -0.05) is 5.16 Å². The van der Waals surface area contributed by atoms with Gasteiger partial charge >= 0.3 is 5.97 Å². The summed E-state index contributed by atoms with van der Waals surface area (Å²) in [6, 6.07) is 3.49. The van der Waals surface area contributed by atoms with E-state index in [0.717, 1.165) is 5.56 Å². The van der Waals surface area contributed by atoms with Gasteiger partial charge in [0.1, 0.15) is 13.2 Å². The summed E-state index contributed by atoms with van der Waals surface area (Å²) in [4.78, 5) is 18.1. The molecule has 0 atom stereocenters. The van der Waals surface area contributed by atoms with Crippen LogP contribution in [-0.4, -0.2) is 32.8 Å². The van der Waals surface area contributed by atoms with E-state index in [9.17, 15) is 4.79 Å². The Labute approximate surface area is 96.1 Å². The van der Waals surface area contributed by atoms with E-state index < -0.39 is 12.6 Å². The summed E-state index contributed by atoms with van der Waals surface area (Å²) in [5.74, 6) is -0.391. The van der Waals surface area contributed by atoms with E-state index in [4.69, 9.17) is 14.4 Å². The number of carboxylic acids is 1. The number of hydrogen-bond donors (Lipinski definition) is 1. The van der Waals surface area contributed by atoms with E-state index in [0.29, 0.717) is 5.82 Å². The second-order valence-corrected chi connectivity index (χ2v) is 3.13. The maximum Gasteiger partial charge on any atom is 0.329 e. The van der Waals surface area contributed by atoms with Crippen molar-refractivity contribution in [2.24, 2.45) is 0 Å². The van der Waals surface area contributed by atoms with Crippen LogP contribution >= 0.6 is 0 Å². The van der Waals surface area contributed by atoms with Crippen molar-refractivity contribution in [3.8, 4) is 11.4 Å². The zero-order chi connectivity index (χ0) is 12.1. The van der Waals surface area contributed by atoms with Gasteiger partial charge in [-0.2, -0.15) is 4.98 Å². The van der Waals surface area contributed by atoms with Crippen LogP contribution < -0.4 is 0 Å². The lowest BCUT2D eigenvalue weighted by atomic mass is 10.2. The van der Waals surface area contributed by atoms with E-state index >= 15 is 0 Å². The molecule has 2 rings (SSSR count). The average molecular weight is 235 g/mol. The number of rotatable bonds is 5. The summed E-state index contributed by atoms with van der Waals surface area (Å²) in [5, 5.41) is 12.1. The molecule has 7 nitrogen and oxygen atoms in total. The molecule has 17 heavy (non-hydrogen) atoms. The maximum atomic E-state index is 10.2. The topological polar surface area (TPSA) is 98.3 Å². The number of ether oxygens (including phenoxy) is 1. The van der Waals surface area contributed by atoms with Gasteiger partial charge in [0.15, 0.2) is 0 Å². The van der Waals surface area contributed by atoms with Gasteiger partial charge in [-0.25, -0.2) is 4.79 Å². The predicted molar refractivity (Wildman–Crippen MR) is 54.8 cm³/mol. The molecule has 2 aromatic heterocycles. The fourth-order valence-corrected chi connectivity index (χ4v) is 1.16. The first kappa shape index (κ1) is 11.2. The molecule has 88 valence electrons. The molecule has 0 bridgehead atoms. The fourth-order valence-electron chi connectivity index (χ4n) is 1.16. The highest BCUT2D eigenvalue weighted by Gasteiger charge is 2.08. The Morgan fingerprint density at radius 1 is 1.41 bits per heavy atom. The second kappa shape index (κ2) is 5.17. The molecule has 2 heterocycles. The van der Waals surface area contributed by atoms with Gasteiger partial charge in [0.05, 0.1) is 0 Å². The van der Waals surface area contributed by atoms with Crippen molar-refractivity contribution >= 4 is 5.97 Å². The van der Waals surface area contributed by atoms with Crippen molar-refractivity contribution < 1.29 is 19.2 Å². The molecule has 0 aliphatic rings. The van der Waals surface area contributed by atoms with E-state index in [1.54, 1.807) is 24.5 Å². The van der Waals surface area contributed by atoms with Crippen molar-refractivity contribution in [1.82, 2.24) is 15.1 Å². The molecule has 0 saturated heterocycles. The molecule has 7 heteroatoms. The highest BCUT2D eigenvalue weighted by Crippen LogP contribution is 2.14. The van der Waals surface area contributed by atoms with E-state index in [-0.39, 0.29) is 12.5 Å². The normalized spacial score (nSPS) is 10.4. The molecule has 2 aromatic rings. The molecule has 0 amide bonds. The third-order valence-electron chi connectivity index (χ3n) is 1.86. The highest BCUT2D eigenvalue weighted by molar-refractivity contribution is 5.67. The molecule has 0 spiro atoms. The van der Waals surface area contributed by atoms with Gasteiger partial charge in [0.25, 0.3) is 5.89 Å². The van der Waals surface area contributed by atoms with E-state index in [1.807, 2.05) is 0 Å². The Morgan fingerprint density at radius 3 is 2.88 bits per heavy atom. The van der Waals surface area contributed by atoms with Crippen molar-refractivity contribution in [2.45, 2.75) is 6.61 Å². The largest absolute Gasteiger partial charge is 0.480 e. The summed E-state index contributed by atoms with van der Waals surface area (Å²) in [6.45, 7) is -0.419. The first-order chi connectivity index (χ1) is 8.25. The highest BCUT2D eigenvalue weighted by atomic mass is 16.5. The van der Waals surface area contributed by atoms with Crippen LogP contribution in [0.3, 0.4) is 0 Å². The third-order valence-corrected chi connectivity index (χ3v) is 1.86. The Morgan fingerprint density at radius 2 is 2.18 bits per heavy atom. The van der Waals surface area contributed by atoms with Crippen LogP contribution in [0.15, 0.2) is 29.0 Å². The van der Waals surface area contributed by atoms with Crippen molar-refractivity contribution in [1.29, 1.82) is 0 Å². The molecule has 0 aromatic carbocycles. The number of pyridine rings is 1. The lowest BCUT2D eigenvalue weighted by molar-refractivity contribution is -0.142. The molecule has 0 aliphatic heterocycles. The minimum atomic E-state index is -1.04. The van der Waals surface area contributed by atoms with Crippen LogP contribution in [0, 0.1) is 0 Å². The van der Waals surface area contributed by atoms with Gasteiger partial charge in [-0.15, -0.1) is 0 Å². The van der Waals surface area contributed by atoms with Crippen LogP contribution in [0.25, 0.3) is 11.4 Å². The number of nitrogens with zero attached hydrogens (tertiary/aromatic N) is 3. The maximum absolute atomic E-state index is 10.2. The first-order valence-electron chi connectivity index (χ1n) is 4.78. The van der Waals surface area contributed by atoms with Gasteiger partial charge in [-0.3, -0.25) is 4.98 Å². The summed E-state index contributed by atoms with van der Waals surface area (Å²) in [7, 11) is 0. The fraction of sp³-hybridized carbons (Fsp3) is 0.200. The number of aromatic nitrogens is 3. The Bertz CT molecular complexity index is 497. The van der Waals surface area contributed by atoms with Gasteiger partial charge in [0, 0.05) is 18.0 Å². The molecule has 1 N–H and O–H groups in total. The molecular weight excluding hydrogens is 226 g/mol. The standard InChI is InChI=1S/C10H9N3O4/c14-9(15)6-16-5-8-12-10(13-17-8)7-1-3-11-4-2-7/h1-4H,5-6H2,(H,14,15). The lowest BCUT2D eigenvalue weighted by Gasteiger charge is -1.94. The molecular formula is C10H9N3O4. The zero-order valence-electron chi connectivity index (χ0n) is 8.74. The van der Waals surface area contributed by atoms with Gasteiger partial charge in [0.2, 0.25) is 5.82 Å². The summed E-state index contributed by atoms with van der Waals surface area (Å²) in [5.41, 5.74) is 0.772. The number of carbonyl (C=O) groups is 1. The van der Waals surface area contributed by atoms with Crippen molar-refractivity contribution in [3.05, 3.63) is 30.4 Å². The molecule has 0 saturated carbocycles. The SMILES string of the molecule is O=C(O)COCc1nc(-c2ccncc2)no1. The Balaban J connectivity index is 1.99. The molecule has 0 unspecified atom stereocenters. The monoisotopic (exact) mass is 235 g/mol. The number of hydrogen-bond acceptors (Lipinski definition) is 6. The molecule has 0 radical (unpaired) electrons. The van der Waals surface area contributed by atoms with E-state index in [1.165, 1.54) is 0 Å². The number of aliphatic carboxylic acids is 1. The minimum Gasteiger partial charge on any atom is -0.480 e. The lowest BCUT2D eigenvalue weighted by Crippen LogP contribution is -2.06. The summed E-state index contributed by atoms with van der Waals surface area (Å²) in [6.07, 6.45) is 3.23. The van der Waals surface area contributed by atoms with Gasteiger partial charge in [-0.05, 0) is 12.1 Å². The first-order valence-corrected chi connectivity index (χ1v) is 4.78. The predicted octanol–water partition coefficient (Wildman–Crippen LogP) is 0.733. The third kappa shape index (κ3) is 3.08. The smallest absolute Gasteiger partial charge is 0.329 e. The van der Waals surface area contributed by atoms with Crippen LogP contribution in [0.5, 0.6) is 0 Å². The quantitative estimate of drug-likeness (QED) is 0.815. The molecule has 0 aliphatic carbocycles. The van der Waals surface area contributed by atoms with Crippen LogP contribution in [-0.2, 0) is 16.1 Å². The van der Waals surface area contributed by atoms with Gasteiger partial charge < -0.3 is 14.4 Å². The minimum absolute atomic E-state index is 0.0234. The number of carboxylic acid groups (broad SMARTS) is 1. The Kier molecular flexibility index (Phi) is 3.41. The Hall–Kier alpha value is -2.28.